The molecule has 158 valence electrons. The molecule has 1 amide bonds. The van der Waals surface area contributed by atoms with Crippen molar-refractivity contribution >= 4 is 41.5 Å². The molecule has 1 saturated carbocycles. The van der Waals surface area contributed by atoms with Crippen molar-refractivity contribution in [3.63, 3.8) is 0 Å². The SMILES string of the molecule is N=C/C=N\[NH2+]c1cccc(Nc2nc(N[C@@H]3CCCC(O)[C@@H]3N)ncc2C(N)=O)c1. The third-order valence-corrected chi connectivity index (χ3v) is 4.83. The molecular weight excluding hydrogens is 386 g/mol. The highest BCUT2D eigenvalue weighted by Crippen LogP contribution is 2.24. The van der Waals surface area contributed by atoms with Crippen molar-refractivity contribution in [2.75, 3.05) is 10.6 Å². The van der Waals surface area contributed by atoms with Gasteiger partial charge in [-0.25, -0.2) is 4.98 Å². The summed E-state index contributed by atoms with van der Waals surface area (Å²) in [5.74, 6) is -0.118. The van der Waals surface area contributed by atoms with Crippen LogP contribution >= 0.6 is 0 Å². The Morgan fingerprint density at radius 2 is 2.23 bits per heavy atom. The third kappa shape index (κ3) is 5.35. The van der Waals surface area contributed by atoms with Crippen LogP contribution in [0.3, 0.4) is 0 Å². The second-order valence-electron chi connectivity index (χ2n) is 6.99. The van der Waals surface area contributed by atoms with Gasteiger partial charge in [0.05, 0.1) is 12.1 Å². The topological polar surface area (TPSA) is 192 Å². The maximum Gasteiger partial charge on any atom is 0.254 e. The molecule has 1 aromatic carbocycles. The van der Waals surface area contributed by atoms with Gasteiger partial charge in [-0.2, -0.15) is 10.4 Å². The van der Waals surface area contributed by atoms with Crippen LogP contribution in [0.2, 0.25) is 0 Å². The number of quaternary nitrogens is 1. The Morgan fingerprint density at radius 3 is 3.00 bits per heavy atom. The molecule has 1 aromatic heterocycles. The van der Waals surface area contributed by atoms with Gasteiger partial charge in [-0.15, -0.1) is 0 Å². The van der Waals surface area contributed by atoms with Crippen LogP contribution in [0.5, 0.6) is 0 Å². The van der Waals surface area contributed by atoms with E-state index < -0.39 is 18.1 Å². The average Bonchev–Trinajstić information content (AvgIpc) is 2.72. The van der Waals surface area contributed by atoms with Gasteiger partial charge in [-0.3, -0.25) is 4.79 Å². The summed E-state index contributed by atoms with van der Waals surface area (Å²) in [6.45, 7) is 0. The van der Waals surface area contributed by atoms with Gasteiger partial charge in [0, 0.05) is 36.3 Å². The molecule has 11 nitrogen and oxygen atoms in total. The van der Waals surface area contributed by atoms with Crippen LogP contribution in [0, 0.1) is 5.41 Å². The Morgan fingerprint density at radius 1 is 1.40 bits per heavy atom. The van der Waals surface area contributed by atoms with E-state index in [2.05, 4.69) is 25.7 Å². The summed E-state index contributed by atoms with van der Waals surface area (Å²) in [5, 5.41) is 27.2. The second-order valence-corrected chi connectivity index (χ2v) is 6.99. The number of anilines is 3. The van der Waals surface area contributed by atoms with Crippen LogP contribution in [0.4, 0.5) is 23.1 Å². The first-order valence-corrected chi connectivity index (χ1v) is 9.57. The van der Waals surface area contributed by atoms with Gasteiger partial charge >= 0.3 is 0 Å². The fourth-order valence-electron chi connectivity index (χ4n) is 3.27. The summed E-state index contributed by atoms with van der Waals surface area (Å²) in [5.41, 5.74) is 14.8. The number of rotatable bonds is 8. The van der Waals surface area contributed by atoms with Gasteiger partial charge < -0.3 is 32.6 Å². The van der Waals surface area contributed by atoms with Crippen molar-refractivity contribution in [2.45, 2.75) is 37.5 Å². The van der Waals surface area contributed by atoms with Crippen molar-refractivity contribution < 1.29 is 15.3 Å². The van der Waals surface area contributed by atoms with Crippen LogP contribution in [0.1, 0.15) is 29.6 Å². The van der Waals surface area contributed by atoms with Crippen LogP contribution in [0.25, 0.3) is 0 Å². The van der Waals surface area contributed by atoms with Crippen LogP contribution in [-0.4, -0.2) is 51.6 Å². The maximum absolute atomic E-state index is 11.8. The molecule has 1 heterocycles. The summed E-state index contributed by atoms with van der Waals surface area (Å²) in [6, 6.07) is 6.69. The number of primary amides is 1. The molecule has 1 aliphatic carbocycles. The molecule has 0 spiro atoms. The molecule has 0 aliphatic heterocycles. The van der Waals surface area contributed by atoms with Crippen LogP contribution < -0.4 is 27.5 Å². The number of aromatic nitrogens is 2. The number of carbonyl (C=O) groups is 1. The van der Waals surface area contributed by atoms with E-state index in [1.165, 1.54) is 12.4 Å². The summed E-state index contributed by atoms with van der Waals surface area (Å²) in [4.78, 5) is 20.4. The number of hydrogen-bond acceptors (Lipinski definition) is 9. The lowest BCUT2D eigenvalue weighted by Crippen LogP contribution is -2.71. The van der Waals surface area contributed by atoms with Crippen LogP contribution in [-0.2, 0) is 0 Å². The van der Waals surface area contributed by atoms with Gasteiger partial charge in [0.25, 0.3) is 5.91 Å². The van der Waals surface area contributed by atoms with Crippen molar-refractivity contribution in [2.24, 2.45) is 16.6 Å². The first kappa shape index (κ1) is 21.3. The zero-order valence-electron chi connectivity index (χ0n) is 16.3. The van der Waals surface area contributed by atoms with Crippen molar-refractivity contribution in [1.82, 2.24) is 9.97 Å². The molecule has 0 saturated heterocycles. The number of benzene rings is 1. The van der Waals surface area contributed by atoms with Gasteiger partial charge in [0.1, 0.15) is 17.6 Å². The van der Waals surface area contributed by atoms with E-state index in [4.69, 9.17) is 16.9 Å². The highest BCUT2D eigenvalue weighted by Gasteiger charge is 2.29. The lowest BCUT2D eigenvalue weighted by molar-refractivity contribution is -0.576. The number of hydrogen-bond donors (Lipinski definition) is 7. The van der Waals surface area contributed by atoms with Crippen LogP contribution in [0.15, 0.2) is 35.6 Å². The maximum atomic E-state index is 11.8. The molecular formula is C19H26N9O2+. The Labute approximate surface area is 173 Å². The summed E-state index contributed by atoms with van der Waals surface area (Å²) < 4.78 is 0. The first-order chi connectivity index (χ1) is 14.5. The summed E-state index contributed by atoms with van der Waals surface area (Å²) in [6.07, 6.45) is 5.54. The van der Waals surface area contributed by atoms with Gasteiger partial charge in [-0.05, 0) is 25.3 Å². The van der Waals surface area contributed by atoms with E-state index in [0.29, 0.717) is 12.1 Å². The fraction of sp³-hybridized carbons (Fsp3) is 0.316. The molecule has 11 heteroatoms. The van der Waals surface area contributed by atoms with Gasteiger partial charge in [0.15, 0.2) is 5.69 Å². The summed E-state index contributed by atoms with van der Waals surface area (Å²) >= 11 is 0. The number of carbonyl (C=O) groups excluding carboxylic acids is 1. The second kappa shape index (κ2) is 9.87. The molecule has 0 bridgehead atoms. The molecule has 10 N–H and O–H groups in total. The van der Waals surface area contributed by atoms with E-state index in [9.17, 15) is 9.90 Å². The molecule has 1 fully saturated rings. The number of aliphatic hydroxyl groups is 1. The lowest BCUT2D eigenvalue weighted by atomic mass is 9.88. The Bertz CT molecular complexity index is 934. The van der Waals surface area contributed by atoms with Crippen molar-refractivity contribution in [1.29, 1.82) is 5.41 Å². The smallest absolute Gasteiger partial charge is 0.254 e. The van der Waals surface area contributed by atoms with E-state index in [1.807, 2.05) is 24.3 Å². The normalized spacial score (nSPS) is 21.3. The summed E-state index contributed by atoms with van der Waals surface area (Å²) in [7, 11) is 0. The minimum atomic E-state index is -0.660. The molecule has 2 aromatic rings. The third-order valence-electron chi connectivity index (χ3n) is 4.83. The van der Waals surface area contributed by atoms with Crippen molar-refractivity contribution in [3.05, 3.63) is 36.0 Å². The van der Waals surface area contributed by atoms with E-state index in [-0.39, 0.29) is 23.4 Å². The highest BCUT2D eigenvalue weighted by atomic mass is 16.3. The van der Waals surface area contributed by atoms with Gasteiger partial charge in [-0.1, -0.05) is 11.2 Å². The lowest BCUT2D eigenvalue weighted by Gasteiger charge is -2.33. The first-order valence-electron chi connectivity index (χ1n) is 9.57. The highest BCUT2D eigenvalue weighted by molar-refractivity contribution is 6.14. The van der Waals surface area contributed by atoms with Crippen molar-refractivity contribution in [3.8, 4) is 0 Å². The van der Waals surface area contributed by atoms with E-state index in [1.54, 1.807) is 5.43 Å². The molecule has 0 radical (unpaired) electrons. The number of amides is 1. The predicted molar refractivity (Wildman–Crippen MR) is 114 cm³/mol. The monoisotopic (exact) mass is 412 g/mol. The number of aliphatic hydroxyl groups excluding tert-OH is 1. The Balaban J connectivity index is 1.81. The molecule has 3 atom stereocenters. The molecule has 3 rings (SSSR count). The zero-order valence-corrected chi connectivity index (χ0v) is 16.3. The molecule has 30 heavy (non-hydrogen) atoms. The van der Waals surface area contributed by atoms with E-state index >= 15 is 0 Å². The van der Waals surface area contributed by atoms with E-state index in [0.717, 1.165) is 24.7 Å². The standard InChI is InChI=1S/C19H25N9O2/c20-7-8-24-28-12-4-1-3-11(9-12)25-18-13(17(22)30)10-23-19(27-18)26-14-5-2-6-15(29)16(14)21/h1,3-4,7-10,14-16,20,28-29H,2,5-6,21H2,(H2,22,30)(H2,23,25,26,27)/p+1/b20-7?,24-8-/t14-,15?,16-/m1/s1. The molecule has 1 unspecified atom stereocenters. The zero-order chi connectivity index (χ0) is 21.5. The Kier molecular flexibility index (Phi) is 7.01. The quantitative estimate of drug-likeness (QED) is 0.135. The molecule has 1 aliphatic rings. The Hall–Kier alpha value is -3.41. The van der Waals surface area contributed by atoms with Gasteiger partial charge in [0.2, 0.25) is 5.95 Å². The minimum Gasteiger partial charge on any atom is -0.391 e. The number of nitrogens with two attached hydrogens (primary N) is 3. The minimum absolute atomic E-state index is 0.143. The number of nitrogens with one attached hydrogen (secondary N) is 3. The number of nitrogens with zero attached hydrogens (tertiary/aromatic N) is 3. The fourth-order valence-corrected chi connectivity index (χ4v) is 3.27. The average molecular weight is 412 g/mol. The largest absolute Gasteiger partial charge is 0.391 e. The predicted octanol–water partition coefficient (Wildman–Crippen LogP) is -0.198.